The molecule has 0 spiro atoms. The van der Waals surface area contributed by atoms with E-state index in [1.807, 2.05) is 43.3 Å². The first-order chi connectivity index (χ1) is 11.5. The van der Waals surface area contributed by atoms with Gasteiger partial charge in [-0.25, -0.2) is 0 Å². The molecular weight excluding hydrogens is 417 g/mol. The van der Waals surface area contributed by atoms with Crippen molar-refractivity contribution in [2.45, 2.75) is 6.92 Å². The molecule has 0 saturated carbocycles. The first-order valence-corrected chi connectivity index (χ1v) is 8.92. The number of rotatable bonds is 3. The standard InChI is InChI=1S/C18H20IN3O2/c1-12-9-15(20)17(22-5-7-24-8-6-22)11-16(12)21-18(23)13-3-2-4-14(19)10-13/h2-4,9-11H,5-8,20H2,1H3,(H,21,23). The summed E-state index contributed by atoms with van der Waals surface area (Å²) in [6.07, 6.45) is 0. The van der Waals surface area contributed by atoms with Crippen molar-refractivity contribution in [1.29, 1.82) is 0 Å². The third-order valence-corrected chi connectivity index (χ3v) is 4.73. The number of nitrogens with zero attached hydrogens (tertiary/aromatic N) is 1. The van der Waals surface area contributed by atoms with Gasteiger partial charge in [-0.3, -0.25) is 4.79 Å². The predicted molar refractivity (Wildman–Crippen MR) is 106 cm³/mol. The molecule has 24 heavy (non-hydrogen) atoms. The maximum Gasteiger partial charge on any atom is 0.255 e. The quantitative estimate of drug-likeness (QED) is 0.572. The van der Waals surface area contributed by atoms with Gasteiger partial charge in [0, 0.05) is 27.9 Å². The molecule has 3 N–H and O–H groups in total. The Morgan fingerprint density at radius 3 is 2.71 bits per heavy atom. The molecule has 126 valence electrons. The summed E-state index contributed by atoms with van der Waals surface area (Å²) < 4.78 is 6.43. The Morgan fingerprint density at radius 1 is 1.25 bits per heavy atom. The summed E-state index contributed by atoms with van der Waals surface area (Å²) in [5.41, 5.74) is 10.2. The lowest BCUT2D eigenvalue weighted by Gasteiger charge is -2.30. The number of hydrogen-bond donors (Lipinski definition) is 2. The summed E-state index contributed by atoms with van der Waals surface area (Å²) in [6, 6.07) is 11.4. The van der Waals surface area contributed by atoms with Gasteiger partial charge in [-0.15, -0.1) is 0 Å². The first kappa shape index (κ1) is 17.0. The van der Waals surface area contributed by atoms with Gasteiger partial charge in [-0.05, 0) is 65.4 Å². The van der Waals surface area contributed by atoms with Gasteiger partial charge in [0.2, 0.25) is 0 Å². The summed E-state index contributed by atoms with van der Waals surface area (Å²) in [5, 5.41) is 3.00. The number of carbonyl (C=O) groups is 1. The van der Waals surface area contributed by atoms with Crippen LogP contribution in [0.3, 0.4) is 0 Å². The zero-order valence-corrected chi connectivity index (χ0v) is 15.7. The number of morpholine rings is 1. The van der Waals surface area contributed by atoms with Gasteiger partial charge in [0.1, 0.15) is 0 Å². The maximum absolute atomic E-state index is 12.5. The number of benzene rings is 2. The molecule has 1 aliphatic rings. The topological polar surface area (TPSA) is 67.6 Å². The highest BCUT2D eigenvalue weighted by atomic mass is 127. The van der Waals surface area contributed by atoms with E-state index in [2.05, 4.69) is 32.8 Å². The fraction of sp³-hybridized carbons (Fsp3) is 0.278. The number of nitrogen functional groups attached to an aromatic ring is 1. The van der Waals surface area contributed by atoms with Crippen molar-refractivity contribution < 1.29 is 9.53 Å². The Morgan fingerprint density at radius 2 is 2.00 bits per heavy atom. The minimum atomic E-state index is -0.116. The molecule has 0 radical (unpaired) electrons. The van der Waals surface area contributed by atoms with Gasteiger partial charge < -0.3 is 20.7 Å². The van der Waals surface area contributed by atoms with Crippen LogP contribution < -0.4 is 16.0 Å². The van der Waals surface area contributed by atoms with Crippen LogP contribution in [0, 0.1) is 10.5 Å². The highest BCUT2D eigenvalue weighted by Gasteiger charge is 2.17. The van der Waals surface area contributed by atoms with Crippen molar-refractivity contribution in [3.63, 3.8) is 0 Å². The van der Waals surface area contributed by atoms with E-state index in [0.717, 1.165) is 39.3 Å². The number of nitrogens with two attached hydrogens (primary N) is 1. The van der Waals surface area contributed by atoms with Gasteiger partial charge in [-0.2, -0.15) is 0 Å². The van der Waals surface area contributed by atoms with Crippen molar-refractivity contribution >= 4 is 45.6 Å². The normalized spacial score (nSPS) is 14.5. The minimum absolute atomic E-state index is 0.116. The molecule has 0 atom stereocenters. The fourth-order valence-corrected chi connectivity index (χ4v) is 3.30. The van der Waals surface area contributed by atoms with Crippen molar-refractivity contribution in [2.75, 3.05) is 42.3 Å². The maximum atomic E-state index is 12.5. The van der Waals surface area contributed by atoms with Crippen molar-refractivity contribution in [2.24, 2.45) is 0 Å². The van der Waals surface area contributed by atoms with Gasteiger partial charge in [0.25, 0.3) is 5.91 Å². The van der Waals surface area contributed by atoms with Gasteiger partial charge >= 0.3 is 0 Å². The minimum Gasteiger partial charge on any atom is -0.397 e. The van der Waals surface area contributed by atoms with E-state index in [0.29, 0.717) is 18.8 Å². The zero-order chi connectivity index (χ0) is 17.1. The van der Waals surface area contributed by atoms with Crippen LogP contribution in [0.2, 0.25) is 0 Å². The molecular formula is C18H20IN3O2. The van der Waals surface area contributed by atoms with E-state index in [9.17, 15) is 4.79 Å². The molecule has 0 aromatic heterocycles. The molecule has 0 unspecified atom stereocenters. The number of aryl methyl sites for hydroxylation is 1. The number of hydrogen-bond acceptors (Lipinski definition) is 4. The Labute approximate surface area is 155 Å². The van der Waals surface area contributed by atoms with E-state index in [1.54, 1.807) is 0 Å². The molecule has 0 bridgehead atoms. The third-order valence-electron chi connectivity index (χ3n) is 4.06. The van der Waals surface area contributed by atoms with Crippen molar-refractivity contribution in [1.82, 2.24) is 0 Å². The van der Waals surface area contributed by atoms with Crippen LogP contribution in [0.1, 0.15) is 15.9 Å². The summed E-state index contributed by atoms with van der Waals surface area (Å²) in [5.74, 6) is -0.116. The lowest BCUT2D eigenvalue weighted by atomic mass is 10.1. The van der Waals surface area contributed by atoms with Crippen molar-refractivity contribution in [3.8, 4) is 0 Å². The van der Waals surface area contributed by atoms with Crippen LogP contribution in [0.15, 0.2) is 36.4 Å². The molecule has 1 aliphatic heterocycles. The van der Waals surface area contributed by atoms with Crippen LogP contribution in [0.5, 0.6) is 0 Å². The van der Waals surface area contributed by atoms with Crippen LogP contribution >= 0.6 is 22.6 Å². The summed E-state index contributed by atoms with van der Waals surface area (Å²) in [4.78, 5) is 14.7. The molecule has 0 aliphatic carbocycles. The average molecular weight is 437 g/mol. The number of halogens is 1. The zero-order valence-electron chi connectivity index (χ0n) is 13.5. The summed E-state index contributed by atoms with van der Waals surface area (Å²) in [6.45, 7) is 4.94. The molecule has 1 heterocycles. The number of carbonyl (C=O) groups excluding carboxylic acids is 1. The molecule has 6 heteroatoms. The number of nitrogens with one attached hydrogen (secondary N) is 1. The van der Waals surface area contributed by atoms with Crippen LogP contribution in [0.4, 0.5) is 17.1 Å². The van der Waals surface area contributed by atoms with Crippen LogP contribution in [-0.4, -0.2) is 32.2 Å². The highest BCUT2D eigenvalue weighted by molar-refractivity contribution is 14.1. The van der Waals surface area contributed by atoms with Gasteiger partial charge in [-0.1, -0.05) is 6.07 Å². The predicted octanol–water partition coefficient (Wildman–Crippen LogP) is 3.27. The molecule has 1 amide bonds. The van der Waals surface area contributed by atoms with E-state index >= 15 is 0 Å². The van der Waals surface area contributed by atoms with E-state index in [1.165, 1.54) is 0 Å². The molecule has 3 rings (SSSR count). The monoisotopic (exact) mass is 437 g/mol. The lowest BCUT2D eigenvalue weighted by molar-refractivity contribution is 0.102. The van der Waals surface area contributed by atoms with E-state index < -0.39 is 0 Å². The Kier molecular flexibility index (Phi) is 5.25. The smallest absolute Gasteiger partial charge is 0.255 e. The Bertz CT molecular complexity index is 758. The Hall–Kier alpha value is -1.80. The van der Waals surface area contributed by atoms with Crippen molar-refractivity contribution in [3.05, 3.63) is 51.1 Å². The Balaban J connectivity index is 1.86. The van der Waals surface area contributed by atoms with Crippen LogP contribution in [0.25, 0.3) is 0 Å². The highest BCUT2D eigenvalue weighted by Crippen LogP contribution is 2.31. The second kappa shape index (κ2) is 7.40. The second-order valence-corrected chi connectivity index (χ2v) is 7.04. The number of ether oxygens (including phenoxy) is 1. The molecule has 5 nitrogen and oxygen atoms in total. The summed E-state index contributed by atoms with van der Waals surface area (Å²) in [7, 11) is 0. The largest absolute Gasteiger partial charge is 0.397 e. The molecule has 2 aromatic carbocycles. The number of anilines is 3. The van der Waals surface area contributed by atoms with Gasteiger partial charge in [0.05, 0.1) is 24.6 Å². The van der Waals surface area contributed by atoms with Crippen LogP contribution in [-0.2, 0) is 4.74 Å². The summed E-state index contributed by atoms with van der Waals surface area (Å²) >= 11 is 2.20. The fourth-order valence-electron chi connectivity index (χ4n) is 2.76. The first-order valence-electron chi connectivity index (χ1n) is 7.84. The SMILES string of the molecule is Cc1cc(N)c(N2CCOCC2)cc1NC(=O)c1cccc(I)c1. The number of amides is 1. The van der Waals surface area contributed by atoms with E-state index in [4.69, 9.17) is 10.5 Å². The second-order valence-electron chi connectivity index (χ2n) is 5.79. The van der Waals surface area contributed by atoms with Gasteiger partial charge in [0.15, 0.2) is 0 Å². The van der Waals surface area contributed by atoms with E-state index in [-0.39, 0.29) is 5.91 Å². The molecule has 2 aromatic rings. The third kappa shape index (κ3) is 3.81. The molecule has 1 fully saturated rings. The molecule has 1 saturated heterocycles. The lowest BCUT2D eigenvalue weighted by Crippen LogP contribution is -2.36. The average Bonchev–Trinajstić information content (AvgIpc) is 2.58.